The van der Waals surface area contributed by atoms with Crippen molar-refractivity contribution < 1.29 is 4.92 Å². The summed E-state index contributed by atoms with van der Waals surface area (Å²) in [5.41, 5.74) is 1.98. The smallest absolute Gasteiger partial charge is 0.303 e. The van der Waals surface area contributed by atoms with Crippen molar-refractivity contribution in [1.29, 1.82) is 0 Å². The zero-order chi connectivity index (χ0) is 16.2. The molecule has 0 aliphatic carbocycles. The fraction of sp³-hybridized carbons (Fsp3) is 0.375. The molecule has 0 saturated heterocycles. The van der Waals surface area contributed by atoms with E-state index in [4.69, 9.17) is 11.6 Å². The molecule has 2 aromatic rings. The van der Waals surface area contributed by atoms with Crippen molar-refractivity contribution >= 4 is 27.9 Å². The van der Waals surface area contributed by atoms with E-state index in [1.165, 1.54) is 5.56 Å². The Balaban J connectivity index is 2.17. The number of hydrogen-bond donors (Lipinski definition) is 1. The highest BCUT2D eigenvalue weighted by Crippen LogP contribution is 2.31. The molecule has 0 aliphatic heterocycles. The van der Waals surface area contributed by atoms with Gasteiger partial charge in [-0.1, -0.05) is 48.9 Å². The number of halogens is 1. The maximum Gasteiger partial charge on any atom is 0.324 e. The molecule has 6 heteroatoms. The quantitative estimate of drug-likeness (QED) is 0.563. The summed E-state index contributed by atoms with van der Waals surface area (Å²) in [7, 11) is 0. The molecule has 0 amide bonds. The van der Waals surface area contributed by atoms with Gasteiger partial charge in [0, 0.05) is 28.6 Å². The highest BCUT2D eigenvalue weighted by molar-refractivity contribution is 7.13. The van der Waals surface area contributed by atoms with Gasteiger partial charge in [0.2, 0.25) is 0 Å². The van der Waals surface area contributed by atoms with Crippen LogP contribution in [0.2, 0.25) is 5.02 Å². The van der Waals surface area contributed by atoms with Crippen molar-refractivity contribution in [3.63, 3.8) is 0 Å². The minimum absolute atomic E-state index is 0.151. The average Bonchev–Trinajstić information content (AvgIpc) is 2.99. The Morgan fingerprint density at radius 1 is 1.27 bits per heavy atom. The highest BCUT2D eigenvalue weighted by Gasteiger charge is 2.27. The van der Waals surface area contributed by atoms with Gasteiger partial charge in [0.1, 0.15) is 0 Å². The number of thiophene rings is 1. The van der Waals surface area contributed by atoms with Crippen molar-refractivity contribution in [3.8, 4) is 0 Å². The van der Waals surface area contributed by atoms with Crippen LogP contribution in [0.15, 0.2) is 35.7 Å². The van der Waals surface area contributed by atoms with Crippen LogP contribution >= 0.6 is 22.9 Å². The number of nitrogens with zero attached hydrogens (tertiary/aromatic N) is 1. The lowest BCUT2D eigenvalue weighted by atomic mass is 9.84. The number of hydrogen-bond acceptors (Lipinski definition) is 4. The first-order valence-electron chi connectivity index (χ1n) is 7.23. The monoisotopic (exact) mass is 338 g/mol. The van der Waals surface area contributed by atoms with Gasteiger partial charge in [0.15, 0.2) is 0 Å². The van der Waals surface area contributed by atoms with Crippen LogP contribution in [0.3, 0.4) is 0 Å². The predicted octanol–water partition coefficient (Wildman–Crippen LogP) is 5.11. The van der Waals surface area contributed by atoms with Crippen molar-refractivity contribution in [3.05, 3.63) is 62.0 Å². The minimum atomic E-state index is -0.347. The third kappa shape index (κ3) is 3.66. The zero-order valence-electron chi connectivity index (χ0n) is 12.6. The molecule has 2 rings (SSSR count). The molecule has 1 aromatic heterocycles. The normalized spacial score (nSPS) is 11.6. The Morgan fingerprint density at radius 3 is 2.41 bits per heavy atom. The molecular formula is C16H19ClN2O2S. The van der Waals surface area contributed by atoms with Crippen molar-refractivity contribution in [2.24, 2.45) is 0 Å². The highest BCUT2D eigenvalue weighted by atomic mass is 35.5. The molecule has 0 fully saturated rings. The molecule has 4 nitrogen and oxygen atoms in total. The first-order chi connectivity index (χ1) is 10.5. The van der Waals surface area contributed by atoms with Crippen LogP contribution in [0.1, 0.15) is 37.8 Å². The molecule has 1 heterocycles. The molecule has 0 unspecified atom stereocenters. The van der Waals surface area contributed by atoms with E-state index in [0.717, 1.165) is 34.8 Å². The Labute approximate surface area is 139 Å². The molecule has 0 bridgehead atoms. The van der Waals surface area contributed by atoms with Crippen molar-refractivity contribution in [1.82, 2.24) is 5.32 Å². The lowest BCUT2D eigenvalue weighted by Gasteiger charge is -2.34. The van der Waals surface area contributed by atoms with Crippen molar-refractivity contribution in [2.45, 2.75) is 38.8 Å². The van der Waals surface area contributed by atoms with Crippen LogP contribution in [0.5, 0.6) is 0 Å². The lowest BCUT2D eigenvalue weighted by Crippen LogP contribution is -2.40. The third-order valence-electron chi connectivity index (χ3n) is 4.05. The van der Waals surface area contributed by atoms with Crippen LogP contribution in [0.4, 0.5) is 5.00 Å². The maximum atomic E-state index is 10.8. The Hall–Kier alpha value is -1.43. The SMILES string of the molecule is CCC(CC)(NCc1csc([N+](=O)[O-])c1)c1ccc(Cl)cc1. The fourth-order valence-electron chi connectivity index (χ4n) is 2.60. The van der Waals surface area contributed by atoms with E-state index in [2.05, 4.69) is 19.2 Å². The van der Waals surface area contributed by atoms with Gasteiger partial charge >= 0.3 is 5.00 Å². The maximum absolute atomic E-state index is 10.8. The molecule has 22 heavy (non-hydrogen) atoms. The summed E-state index contributed by atoms with van der Waals surface area (Å²) in [5.74, 6) is 0. The van der Waals surface area contributed by atoms with Gasteiger partial charge in [0.05, 0.1) is 4.92 Å². The van der Waals surface area contributed by atoms with Gasteiger partial charge in [0.25, 0.3) is 0 Å². The lowest BCUT2D eigenvalue weighted by molar-refractivity contribution is -0.380. The molecule has 118 valence electrons. The Kier molecular flexibility index (Phi) is 5.56. The predicted molar refractivity (Wildman–Crippen MR) is 91.5 cm³/mol. The molecule has 0 aliphatic rings. The van der Waals surface area contributed by atoms with E-state index >= 15 is 0 Å². The summed E-state index contributed by atoms with van der Waals surface area (Å²) in [5, 5.41) is 17.1. The second-order valence-corrected chi connectivity index (χ2v) is 6.53. The van der Waals surface area contributed by atoms with Crippen molar-refractivity contribution in [2.75, 3.05) is 0 Å². The Morgan fingerprint density at radius 2 is 1.91 bits per heavy atom. The van der Waals surface area contributed by atoms with Crippen LogP contribution in [0, 0.1) is 10.1 Å². The summed E-state index contributed by atoms with van der Waals surface area (Å²) >= 11 is 7.14. The summed E-state index contributed by atoms with van der Waals surface area (Å²) in [4.78, 5) is 10.4. The largest absolute Gasteiger partial charge is 0.324 e. The average molecular weight is 339 g/mol. The summed E-state index contributed by atoms with van der Waals surface area (Å²) < 4.78 is 0. The minimum Gasteiger partial charge on any atom is -0.303 e. The van der Waals surface area contributed by atoms with E-state index in [1.54, 1.807) is 6.07 Å². The van der Waals surface area contributed by atoms with E-state index in [-0.39, 0.29) is 15.5 Å². The van der Waals surface area contributed by atoms with Crippen LogP contribution in [-0.2, 0) is 12.1 Å². The number of rotatable bonds is 7. The fourth-order valence-corrected chi connectivity index (χ4v) is 3.46. The Bertz CT molecular complexity index is 636. The van der Waals surface area contributed by atoms with Crippen LogP contribution in [0.25, 0.3) is 0 Å². The summed E-state index contributed by atoms with van der Waals surface area (Å²) in [6.45, 7) is 4.89. The second kappa shape index (κ2) is 7.22. The van der Waals surface area contributed by atoms with Gasteiger partial charge in [-0.3, -0.25) is 10.1 Å². The molecule has 0 atom stereocenters. The van der Waals surface area contributed by atoms with Gasteiger partial charge in [-0.15, -0.1) is 0 Å². The molecule has 1 aromatic carbocycles. The molecule has 1 N–H and O–H groups in total. The van der Waals surface area contributed by atoms with Crippen LogP contribution in [-0.4, -0.2) is 4.92 Å². The number of nitrogens with one attached hydrogen (secondary N) is 1. The first-order valence-corrected chi connectivity index (χ1v) is 8.49. The first kappa shape index (κ1) is 16.9. The molecule has 0 spiro atoms. The van der Waals surface area contributed by atoms with E-state index in [9.17, 15) is 10.1 Å². The third-order valence-corrected chi connectivity index (χ3v) is 5.24. The summed E-state index contributed by atoms with van der Waals surface area (Å²) in [6.07, 6.45) is 1.86. The molecular weight excluding hydrogens is 320 g/mol. The van der Waals surface area contributed by atoms with E-state index in [1.807, 2.05) is 29.6 Å². The summed E-state index contributed by atoms with van der Waals surface area (Å²) in [6, 6.07) is 9.51. The van der Waals surface area contributed by atoms with E-state index in [0.29, 0.717) is 6.54 Å². The standard InChI is InChI=1S/C16H19ClN2O2S/c1-3-16(4-2,13-5-7-14(17)8-6-13)18-10-12-9-15(19(20)21)22-11-12/h5-9,11,18H,3-4,10H2,1-2H3. The topological polar surface area (TPSA) is 55.2 Å². The number of nitro groups is 1. The van der Waals surface area contributed by atoms with Gasteiger partial charge in [-0.25, -0.2) is 0 Å². The molecule has 0 radical (unpaired) electrons. The zero-order valence-corrected chi connectivity index (χ0v) is 14.2. The van der Waals surface area contributed by atoms with Gasteiger partial charge in [-0.2, -0.15) is 0 Å². The van der Waals surface area contributed by atoms with Gasteiger partial charge < -0.3 is 5.32 Å². The molecule has 0 saturated carbocycles. The van der Waals surface area contributed by atoms with E-state index < -0.39 is 0 Å². The van der Waals surface area contributed by atoms with Gasteiger partial charge in [-0.05, 0) is 36.1 Å². The van der Waals surface area contributed by atoms with Crippen LogP contribution < -0.4 is 5.32 Å². The second-order valence-electron chi connectivity index (χ2n) is 5.20. The number of benzene rings is 1.